The lowest BCUT2D eigenvalue weighted by Gasteiger charge is -2.32. The average molecular weight is 1010 g/mol. The van der Waals surface area contributed by atoms with Gasteiger partial charge in [0.1, 0.15) is 35.4 Å². The number of rotatable bonds is 24. The molecule has 2 fully saturated rings. The molecule has 19 nitrogen and oxygen atoms in total. The zero-order chi connectivity index (χ0) is 51.6. The summed E-state index contributed by atoms with van der Waals surface area (Å²) in [6.45, 7) is 1.84. The van der Waals surface area contributed by atoms with Crippen molar-refractivity contribution in [1.82, 2.24) is 20.1 Å². The SMILES string of the molecule is COc1cc2c(Oc3ccc(NC(=O)C4(C(=O)Nc5ccc(F)cc5)CC4)cc3F)ccnc2cc1OCCCOCCCOCCC(=O)NCCOc1cccc2c1C(=O)N(C1CCC(=O)N(C)C1=O)C2=O. The molecule has 0 bridgehead atoms. The molecule has 1 saturated carbocycles. The fourth-order valence-corrected chi connectivity index (χ4v) is 8.21. The molecule has 1 aromatic heterocycles. The Morgan fingerprint density at radius 1 is 0.740 bits per heavy atom. The van der Waals surface area contributed by atoms with Gasteiger partial charge in [-0.1, -0.05) is 6.07 Å². The third-order valence-corrected chi connectivity index (χ3v) is 12.4. The number of nitrogens with zero attached hydrogens (tertiary/aromatic N) is 3. The molecule has 8 rings (SSSR count). The average Bonchev–Trinajstić information content (AvgIpc) is 4.16. The Hall–Kier alpha value is -8.04. The minimum Gasteiger partial charge on any atom is -0.493 e. The number of hydrogen-bond acceptors (Lipinski definition) is 14. The van der Waals surface area contributed by atoms with Crippen LogP contribution in [0.1, 0.15) is 65.7 Å². The number of likely N-dealkylation sites (N-methyl/N-ethyl adjacent to an activating group) is 1. The van der Waals surface area contributed by atoms with Crippen LogP contribution in [0.15, 0.2) is 85.1 Å². The number of halogens is 2. The fourth-order valence-electron chi connectivity index (χ4n) is 8.21. The van der Waals surface area contributed by atoms with Gasteiger partial charge in [-0.05, 0) is 86.3 Å². The van der Waals surface area contributed by atoms with Crippen molar-refractivity contribution < 1.29 is 70.8 Å². The molecule has 3 heterocycles. The monoisotopic (exact) mass is 1010 g/mol. The van der Waals surface area contributed by atoms with E-state index in [0.717, 1.165) is 15.9 Å². The van der Waals surface area contributed by atoms with Crippen molar-refractivity contribution in [3.05, 3.63) is 108 Å². The number of amides is 7. The van der Waals surface area contributed by atoms with Crippen LogP contribution in [0.5, 0.6) is 28.7 Å². The van der Waals surface area contributed by atoms with E-state index in [1.165, 1.54) is 68.9 Å². The normalized spacial score (nSPS) is 15.8. The smallest absolute Gasteiger partial charge is 0.266 e. The van der Waals surface area contributed by atoms with Gasteiger partial charge in [0.2, 0.25) is 23.6 Å². The van der Waals surface area contributed by atoms with Crippen LogP contribution >= 0.6 is 0 Å². The van der Waals surface area contributed by atoms with Crippen molar-refractivity contribution in [1.29, 1.82) is 0 Å². The molecule has 7 amide bonds. The topological polar surface area (TPSA) is 230 Å². The summed E-state index contributed by atoms with van der Waals surface area (Å²) in [4.78, 5) is 95.9. The van der Waals surface area contributed by atoms with E-state index < -0.39 is 52.6 Å². The summed E-state index contributed by atoms with van der Waals surface area (Å²) < 4.78 is 63.3. The highest BCUT2D eigenvalue weighted by molar-refractivity contribution is 6.24. The molecule has 73 heavy (non-hydrogen) atoms. The molecular formula is C52H52F2N6O13. The zero-order valence-electron chi connectivity index (χ0n) is 40.0. The van der Waals surface area contributed by atoms with Crippen LogP contribution < -0.4 is 34.9 Å². The van der Waals surface area contributed by atoms with Gasteiger partial charge in [-0.25, -0.2) is 8.78 Å². The molecule has 2 aliphatic heterocycles. The number of likely N-dealkylation sites (tertiary alicyclic amines) is 1. The third-order valence-electron chi connectivity index (χ3n) is 12.4. The van der Waals surface area contributed by atoms with Crippen molar-refractivity contribution >= 4 is 63.6 Å². The van der Waals surface area contributed by atoms with E-state index in [1.807, 2.05) is 0 Å². The lowest BCUT2D eigenvalue weighted by Crippen LogP contribution is -2.54. The number of fused-ring (bicyclic) bond motifs is 2. The van der Waals surface area contributed by atoms with E-state index in [1.54, 1.807) is 24.3 Å². The number of carbonyl (C=O) groups is 7. The van der Waals surface area contributed by atoms with Gasteiger partial charge in [0.25, 0.3) is 17.7 Å². The highest BCUT2D eigenvalue weighted by Gasteiger charge is 2.56. The Labute approximate surface area is 417 Å². The van der Waals surface area contributed by atoms with E-state index in [0.29, 0.717) is 80.2 Å². The lowest BCUT2D eigenvalue weighted by molar-refractivity contribution is -0.149. The zero-order valence-corrected chi connectivity index (χ0v) is 40.0. The Morgan fingerprint density at radius 2 is 1.44 bits per heavy atom. The van der Waals surface area contributed by atoms with Gasteiger partial charge in [0.05, 0.1) is 43.5 Å². The molecule has 1 unspecified atom stereocenters. The first-order chi connectivity index (χ1) is 35.3. The van der Waals surface area contributed by atoms with Crippen molar-refractivity contribution in [3.63, 3.8) is 0 Å². The summed E-state index contributed by atoms with van der Waals surface area (Å²) >= 11 is 0. The summed E-state index contributed by atoms with van der Waals surface area (Å²) in [5.74, 6) is -3.76. The number of carbonyl (C=O) groups excluding carboxylic acids is 7. The van der Waals surface area contributed by atoms with Crippen LogP contribution in [-0.4, -0.2) is 123 Å². The molecule has 21 heteroatoms. The maximum Gasteiger partial charge on any atom is 0.266 e. The molecule has 3 N–H and O–H groups in total. The van der Waals surface area contributed by atoms with Crippen molar-refractivity contribution in [2.24, 2.45) is 5.41 Å². The van der Waals surface area contributed by atoms with Crippen molar-refractivity contribution in [2.75, 3.05) is 71.0 Å². The van der Waals surface area contributed by atoms with Crippen LogP contribution in [0, 0.1) is 17.0 Å². The Bertz CT molecular complexity index is 2930. The maximum absolute atomic E-state index is 15.4. The first-order valence-electron chi connectivity index (χ1n) is 23.6. The number of nitrogens with one attached hydrogen (secondary N) is 3. The van der Waals surface area contributed by atoms with Gasteiger partial charge in [-0.15, -0.1) is 0 Å². The lowest BCUT2D eigenvalue weighted by atomic mass is 10.0. The van der Waals surface area contributed by atoms with E-state index in [9.17, 15) is 38.0 Å². The molecule has 0 spiro atoms. The highest BCUT2D eigenvalue weighted by Crippen LogP contribution is 2.48. The first-order valence-corrected chi connectivity index (χ1v) is 23.6. The second-order valence-corrected chi connectivity index (χ2v) is 17.3. The summed E-state index contributed by atoms with van der Waals surface area (Å²) in [5, 5.41) is 8.51. The predicted molar refractivity (Wildman–Crippen MR) is 257 cm³/mol. The Morgan fingerprint density at radius 3 is 2.16 bits per heavy atom. The summed E-state index contributed by atoms with van der Waals surface area (Å²) in [7, 11) is 2.81. The molecule has 3 aliphatic rings. The van der Waals surface area contributed by atoms with Gasteiger partial charge in [-0.2, -0.15) is 0 Å². The van der Waals surface area contributed by atoms with Gasteiger partial charge < -0.3 is 44.4 Å². The minimum absolute atomic E-state index is 0.0131. The third kappa shape index (κ3) is 11.8. The molecule has 0 radical (unpaired) electrons. The number of pyridine rings is 1. The number of methoxy groups -OCH3 is 1. The Kier molecular flexibility index (Phi) is 16.2. The molecular weight excluding hydrogens is 955 g/mol. The van der Waals surface area contributed by atoms with E-state index in [-0.39, 0.29) is 84.9 Å². The number of hydrogen-bond donors (Lipinski definition) is 3. The number of piperidine rings is 1. The number of imide groups is 2. The van der Waals surface area contributed by atoms with Crippen LogP contribution in [-0.2, 0) is 33.4 Å². The van der Waals surface area contributed by atoms with Gasteiger partial charge >= 0.3 is 0 Å². The summed E-state index contributed by atoms with van der Waals surface area (Å²) in [5.41, 5.74) is -0.204. The first kappa shape index (κ1) is 51.3. The molecule has 382 valence electrons. The number of benzene rings is 4. The molecule has 5 aromatic rings. The van der Waals surface area contributed by atoms with Crippen LogP contribution in [0.4, 0.5) is 20.2 Å². The van der Waals surface area contributed by atoms with Crippen molar-refractivity contribution in [2.45, 2.75) is 51.0 Å². The molecule has 1 atom stereocenters. The number of aromatic nitrogens is 1. The molecule has 1 aliphatic carbocycles. The maximum atomic E-state index is 15.4. The fraction of sp³-hybridized carbons (Fsp3) is 0.346. The quantitative estimate of drug-likeness (QED) is 0.0356. The molecule has 1 saturated heterocycles. The summed E-state index contributed by atoms with van der Waals surface area (Å²) in [6, 6.07) is 17.6. The van der Waals surface area contributed by atoms with Crippen LogP contribution in [0.2, 0.25) is 0 Å². The van der Waals surface area contributed by atoms with E-state index in [4.69, 9.17) is 28.4 Å². The van der Waals surface area contributed by atoms with E-state index >= 15 is 4.39 Å². The number of anilines is 2. The summed E-state index contributed by atoms with van der Waals surface area (Å²) in [6.07, 6.45) is 3.47. The highest BCUT2D eigenvalue weighted by atomic mass is 19.1. The van der Waals surface area contributed by atoms with Crippen LogP contribution in [0.3, 0.4) is 0 Å². The second-order valence-electron chi connectivity index (χ2n) is 17.3. The van der Waals surface area contributed by atoms with Crippen LogP contribution in [0.25, 0.3) is 10.9 Å². The Balaban J connectivity index is 0.698. The van der Waals surface area contributed by atoms with Crippen molar-refractivity contribution in [3.8, 4) is 28.7 Å². The van der Waals surface area contributed by atoms with Gasteiger partial charge in [-0.3, -0.25) is 48.3 Å². The van der Waals surface area contributed by atoms with Gasteiger partial charge in [0.15, 0.2) is 23.1 Å². The van der Waals surface area contributed by atoms with E-state index in [2.05, 4.69) is 20.9 Å². The van der Waals surface area contributed by atoms with Gasteiger partial charge in [0, 0.05) is 81.2 Å². The minimum atomic E-state index is -1.32. The number of ether oxygens (including phenoxy) is 6. The predicted octanol–water partition coefficient (Wildman–Crippen LogP) is 6.19. The molecule has 4 aromatic carbocycles. The standard InChI is InChI=1S/C52H52F2N6O13/c1-59-45(62)15-13-38(48(59)64)60-47(63)34-6-3-7-41(46(34)49(60)65)72-27-21-56-44(61)17-26-70-23-4-22-69-24-5-25-71-43-30-37-35(29-42(43)68-2)39(16-20-55-37)73-40-14-12-33(28-36(40)54)58-51(67)52(18-19-52)50(66)57-32-10-8-31(53)9-11-32/h3,6-12,14,16,20,28-30,38H,4-5,13,15,17-19,21-27H2,1-2H3,(H,56,61)(H,57,66)(H,58,67). The second kappa shape index (κ2) is 23.0. The largest absolute Gasteiger partial charge is 0.493 e.